The van der Waals surface area contributed by atoms with E-state index in [1.54, 1.807) is 20.3 Å². The molecule has 0 saturated heterocycles. The number of benzene rings is 2. The summed E-state index contributed by atoms with van der Waals surface area (Å²) in [7, 11) is 3.14. The summed E-state index contributed by atoms with van der Waals surface area (Å²) >= 11 is 0. The molecular weight excluding hydrogens is 356 g/mol. The van der Waals surface area contributed by atoms with Crippen molar-refractivity contribution in [2.75, 3.05) is 14.2 Å². The van der Waals surface area contributed by atoms with Gasteiger partial charge in [0.05, 0.1) is 14.2 Å². The molecule has 1 aliphatic carbocycles. The molecule has 2 aromatic rings. The van der Waals surface area contributed by atoms with Gasteiger partial charge in [0.1, 0.15) is 5.41 Å². The van der Waals surface area contributed by atoms with Crippen LogP contribution in [0.2, 0.25) is 0 Å². The van der Waals surface area contributed by atoms with E-state index in [2.05, 4.69) is 10.6 Å². The Labute approximate surface area is 165 Å². The average molecular weight is 382 g/mol. The minimum absolute atomic E-state index is 0.209. The second-order valence-corrected chi connectivity index (χ2v) is 7.13. The third kappa shape index (κ3) is 4.27. The highest BCUT2D eigenvalue weighted by Crippen LogP contribution is 2.46. The molecule has 2 aromatic carbocycles. The zero-order valence-corrected chi connectivity index (χ0v) is 16.5. The third-order valence-corrected chi connectivity index (χ3v) is 5.06. The molecule has 28 heavy (non-hydrogen) atoms. The molecule has 0 heterocycles. The van der Waals surface area contributed by atoms with Crippen molar-refractivity contribution in [2.24, 2.45) is 5.41 Å². The number of rotatable bonds is 8. The van der Waals surface area contributed by atoms with Crippen LogP contribution >= 0.6 is 0 Å². The third-order valence-electron chi connectivity index (χ3n) is 5.06. The Morgan fingerprint density at radius 2 is 1.50 bits per heavy atom. The molecule has 1 saturated carbocycles. The van der Waals surface area contributed by atoms with E-state index in [4.69, 9.17) is 9.47 Å². The Kier molecular flexibility index (Phi) is 5.87. The quantitative estimate of drug-likeness (QED) is 0.689. The summed E-state index contributed by atoms with van der Waals surface area (Å²) in [5.41, 5.74) is 2.10. The predicted molar refractivity (Wildman–Crippen MR) is 106 cm³/mol. The minimum Gasteiger partial charge on any atom is -0.493 e. The molecule has 0 bridgehead atoms. The fourth-order valence-electron chi connectivity index (χ4n) is 3.20. The number of hydrogen-bond acceptors (Lipinski definition) is 4. The molecule has 2 N–H and O–H groups in total. The Morgan fingerprint density at radius 3 is 2.04 bits per heavy atom. The standard InChI is InChI=1S/C22H26N2O4/c1-15-5-4-6-16(11-15)13-23-20(25)22(9-10-22)21(26)24-14-17-7-8-18(27-2)19(12-17)28-3/h4-8,11-12H,9-10,13-14H2,1-3H3,(H,23,25)(H,24,26). The van der Waals surface area contributed by atoms with Crippen LogP contribution < -0.4 is 20.1 Å². The van der Waals surface area contributed by atoms with Gasteiger partial charge in [-0.15, -0.1) is 0 Å². The first kappa shape index (κ1) is 19.7. The lowest BCUT2D eigenvalue weighted by molar-refractivity contribution is -0.137. The van der Waals surface area contributed by atoms with Crippen molar-refractivity contribution in [2.45, 2.75) is 32.9 Å². The Bertz CT molecular complexity index is 875. The molecule has 0 radical (unpaired) electrons. The van der Waals surface area contributed by atoms with Gasteiger partial charge in [-0.3, -0.25) is 9.59 Å². The summed E-state index contributed by atoms with van der Waals surface area (Å²) in [6, 6.07) is 13.4. The van der Waals surface area contributed by atoms with Crippen LogP contribution in [-0.2, 0) is 22.7 Å². The number of carbonyl (C=O) groups is 2. The van der Waals surface area contributed by atoms with Crippen LogP contribution in [0, 0.1) is 12.3 Å². The molecule has 0 atom stereocenters. The first-order valence-electron chi connectivity index (χ1n) is 9.31. The lowest BCUT2D eigenvalue weighted by Gasteiger charge is -2.16. The van der Waals surface area contributed by atoms with Crippen molar-refractivity contribution >= 4 is 11.8 Å². The number of methoxy groups -OCH3 is 2. The van der Waals surface area contributed by atoms with Gasteiger partial charge in [0.25, 0.3) is 0 Å². The number of nitrogens with one attached hydrogen (secondary N) is 2. The molecule has 6 heteroatoms. The summed E-state index contributed by atoms with van der Waals surface area (Å²) in [5.74, 6) is 0.792. The maximum Gasteiger partial charge on any atom is 0.235 e. The molecule has 0 spiro atoms. The summed E-state index contributed by atoms with van der Waals surface area (Å²) in [4.78, 5) is 25.3. The Morgan fingerprint density at radius 1 is 0.893 bits per heavy atom. The van der Waals surface area contributed by atoms with Gasteiger partial charge in [-0.2, -0.15) is 0 Å². The van der Waals surface area contributed by atoms with Crippen LogP contribution in [-0.4, -0.2) is 26.0 Å². The largest absolute Gasteiger partial charge is 0.493 e. The fourth-order valence-corrected chi connectivity index (χ4v) is 3.20. The van der Waals surface area contributed by atoms with E-state index >= 15 is 0 Å². The monoisotopic (exact) mass is 382 g/mol. The molecule has 1 aliphatic rings. The highest BCUT2D eigenvalue weighted by molar-refractivity contribution is 6.07. The predicted octanol–water partition coefficient (Wildman–Crippen LogP) is 2.73. The smallest absolute Gasteiger partial charge is 0.235 e. The molecule has 0 aliphatic heterocycles. The normalized spacial score (nSPS) is 14.1. The first-order valence-corrected chi connectivity index (χ1v) is 9.31. The summed E-state index contributed by atoms with van der Waals surface area (Å²) in [6.07, 6.45) is 1.15. The number of amides is 2. The van der Waals surface area contributed by atoms with Gasteiger partial charge in [0, 0.05) is 13.1 Å². The van der Waals surface area contributed by atoms with Gasteiger partial charge in [-0.05, 0) is 43.0 Å². The van der Waals surface area contributed by atoms with Gasteiger partial charge in [0.2, 0.25) is 11.8 Å². The second-order valence-electron chi connectivity index (χ2n) is 7.13. The molecule has 3 rings (SSSR count). The van der Waals surface area contributed by atoms with Crippen LogP contribution in [0.3, 0.4) is 0 Å². The van der Waals surface area contributed by atoms with E-state index in [1.165, 1.54) is 0 Å². The molecule has 0 unspecified atom stereocenters. The average Bonchev–Trinajstić information content (AvgIpc) is 3.52. The van der Waals surface area contributed by atoms with Crippen molar-refractivity contribution in [3.8, 4) is 11.5 Å². The number of ether oxygens (including phenoxy) is 2. The fraction of sp³-hybridized carbons (Fsp3) is 0.364. The Hall–Kier alpha value is -3.02. The molecule has 1 fully saturated rings. The van der Waals surface area contributed by atoms with Gasteiger partial charge in [-0.25, -0.2) is 0 Å². The van der Waals surface area contributed by atoms with Crippen molar-refractivity contribution in [3.63, 3.8) is 0 Å². The van der Waals surface area contributed by atoms with Gasteiger partial charge >= 0.3 is 0 Å². The zero-order chi connectivity index (χ0) is 20.1. The van der Waals surface area contributed by atoms with E-state index in [0.29, 0.717) is 37.4 Å². The van der Waals surface area contributed by atoms with Gasteiger partial charge in [0.15, 0.2) is 11.5 Å². The second kappa shape index (κ2) is 8.33. The van der Waals surface area contributed by atoms with Crippen molar-refractivity contribution in [3.05, 3.63) is 59.2 Å². The topological polar surface area (TPSA) is 76.7 Å². The lowest BCUT2D eigenvalue weighted by Crippen LogP contribution is -2.42. The highest BCUT2D eigenvalue weighted by Gasteiger charge is 2.56. The first-order chi connectivity index (χ1) is 13.5. The zero-order valence-electron chi connectivity index (χ0n) is 16.5. The van der Waals surface area contributed by atoms with Gasteiger partial charge < -0.3 is 20.1 Å². The van der Waals surface area contributed by atoms with Crippen molar-refractivity contribution in [1.82, 2.24) is 10.6 Å². The maximum absolute atomic E-state index is 12.7. The van der Waals surface area contributed by atoms with Crippen LogP contribution in [0.1, 0.15) is 29.5 Å². The summed E-state index contributed by atoms with van der Waals surface area (Å²) < 4.78 is 10.5. The lowest BCUT2D eigenvalue weighted by atomic mass is 10.0. The number of hydrogen-bond donors (Lipinski definition) is 2. The van der Waals surface area contributed by atoms with Crippen LogP contribution in [0.4, 0.5) is 0 Å². The molecule has 0 aromatic heterocycles. The van der Waals surface area contributed by atoms with Crippen molar-refractivity contribution < 1.29 is 19.1 Å². The minimum atomic E-state index is -0.944. The van der Waals surface area contributed by atoms with Crippen LogP contribution in [0.15, 0.2) is 42.5 Å². The molecule has 148 valence electrons. The Balaban J connectivity index is 1.57. The van der Waals surface area contributed by atoms with E-state index < -0.39 is 5.41 Å². The van der Waals surface area contributed by atoms with Gasteiger partial charge in [-0.1, -0.05) is 35.9 Å². The number of carbonyl (C=O) groups excluding carboxylic acids is 2. The molecule has 2 amide bonds. The van der Waals surface area contributed by atoms with E-state index in [9.17, 15) is 9.59 Å². The maximum atomic E-state index is 12.7. The summed E-state index contributed by atoms with van der Waals surface area (Å²) in [5, 5.41) is 5.79. The van der Waals surface area contributed by atoms with Crippen LogP contribution in [0.25, 0.3) is 0 Å². The van der Waals surface area contributed by atoms with E-state index in [-0.39, 0.29) is 11.8 Å². The molecule has 6 nitrogen and oxygen atoms in total. The molecular formula is C22H26N2O4. The van der Waals surface area contributed by atoms with Crippen molar-refractivity contribution in [1.29, 1.82) is 0 Å². The highest BCUT2D eigenvalue weighted by atomic mass is 16.5. The SMILES string of the molecule is COc1ccc(CNC(=O)C2(C(=O)NCc3cccc(C)c3)CC2)cc1OC. The number of aryl methyl sites for hydroxylation is 1. The summed E-state index contributed by atoms with van der Waals surface area (Å²) in [6.45, 7) is 2.76. The van der Waals surface area contributed by atoms with E-state index in [0.717, 1.165) is 16.7 Å². The van der Waals surface area contributed by atoms with Crippen LogP contribution in [0.5, 0.6) is 11.5 Å². The van der Waals surface area contributed by atoms with E-state index in [1.807, 2.05) is 43.3 Å².